The number of ether oxygens (including phenoxy) is 1. The summed E-state index contributed by atoms with van der Waals surface area (Å²) in [5.74, 6) is -1.90. The minimum atomic E-state index is -0.924. The molecule has 0 bridgehead atoms. The van der Waals surface area contributed by atoms with E-state index in [1.54, 1.807) is 31.2 Å². The number of rotatable bonds is 2. The molecule has 1 atom stereocenters. The quantitative estimate of drug-likeness (QED) is 0.399. The zero-order chi connectivity index (χ0) is 21.9. The first-order valence-corrected chi connectivity index (χ1v) is 10.3. The number of carbonyl (C=O) groups excluding carboxylic acids is 2. The number of anilines is 1. The van der Waals surface area contributed by atoms with Gasteiger partial charge in [-0.25, -0.2) is 9.18 Å². The van der Waals surface area contributed by atoms with Crippen LogP contribution in [0.25, 0.3) is 21.9 Å². The van der Waals surface area contributed by atoms with Gasteiger partial charge in [-0.2, -0.15) is 0 Å². The summed E-state index contributed by atoms with van der Waals surface area (Å²) in [6.07, 6.45) is -0.924. The fraction of sp³-hybridized carbons (Fsp3) is 0.130. The van der Waals surface area contributed by atoms with E-state index in [-0.39, 0.29) is 17.7 Å². The molecule has 6 nitrogen and oxygen atoms in total. The van der Waals surface area contributed by atoms with Gasteiger partial charge in [0.1, 0.15) is 17.0 Å². The third-order valence-electron chi connectivity index (χ3n) is 5.34. The van der Waals surface area contributed by atoms with Crippen LogP contribution in [0.5, 0.6) is 0 Å². The normalized spacial score (nSPS) is 15.9. The first-order chi connectivity index (χ1) is 14.9. The van der Waals surface area contributed by atoms with Gasteiger partial charge in [-0.1, -0.05) is 28.1 Å². The molecule has 8 heteroatoms. The molecule has 156 valence electrons. The average molecular weight is 484 g/mol. The fourth-order valence-corrected chi connectivity index (χ4v) is 4.18. The van der Waals surface area contributed by atoms with E-state index in [9.17, 15) is 19.1 Å². The molecule has 0 saturated heterocycles. The number of aliphatic hydroxyl groups excluding tert-OH is 1. The fourth-order valence-electron chi connectivity index (χ4n) is 3.85. The Kier molecular flexibility index (Phi) is 4.56. The minimum Gasteiger partial charge on any atom is -0.456 e. The predicted molar refractivity (Wildman–Crippen MR) is 115 cm³/mol. The van der Waals surface area contributed by atoms with Crippen LogP contribution in [0.3, 0.4) is 0 Å². The molecule has 1 amide bonds. The smallest absolute Gasteiger partial charge is 0.342 e. The average Bonchev–Trinajstić information content (AvgIpc) is 3.09. The van der Waals surface area contributed by atoms with E-state index in [1.807, 2.05) is 6.07 Å². The van der Waals surface area contributed by atoms with Crippen LogP contribution in [0.1, 0.15) is 33.2 Å². The zero-order valence-corrected chi connectivity index (χ0v) is 17.8. The number of fused-ring (bicyclic) bond motifs is 4. The van der Waals surface area contributed by atoms with Gasteiger partial charge in [-0.3, -0.25) is 9.69 Å². The van der Waals surface area contributed by atoms with E-state index in [4.69, 9.17) is 9.15 Å². The second kappa shape index (κ2) is 7.18. The number of nitrogens with zero attached hydrogens (tertiary/aromatic N) is 1. The number of halogens is 2. The number of esters is 1. The summed E-state index contributed by atoms with van der Waals surface area (Å²) in [5.41, 5.74) is 2.01. The van der Waals surface area contributed by atoms with E-state index in [1.165, 1.54) is 23.1 Å². The van der Waals surface area contributed by atoms with Crippen molar-refractivity contribution in [2.75, 3.05) is 4.90 Å². The van der Waals surface area contributed by atoms with Crippen LogP contribution >= 0.6 is 15.9 Å². The molecule has 1 aromatic heterocycles. The third-order valence-corrected chi connectivity index (χ3v) is 5.83. The monoisotopic (exact) mass is 483 g/mol. The summed E-state index contributed by atoms with van der Waals surface area (Å²) in [6, 6.07) is 12.7. The van der Waals surface area contributed by atoms with E-state index >= 15 is 0 Å². The predicted octanol–water partition coefficient (Wildman–Crippen LogP) is 5.14. The number of hydrogen-bond donors (Lipinski definition) is 1. The van der Waals surface area contributed by atoms with Crippen molar-refractivity contribution < 1.29 is 28.2 Å². The van der Waals surface area contributed by atoms with Gasteiger partial charge in [0.15, 0.2) is 6.23 Å². The number of cyclic esters (lactones) is 1. The Morgan fingerprint density at radius 3 is 2.65 bits per heavy atom. The Morgan fingerprint density at radius 1 is 1.13 bits per heavy atom. The van der Waals surface area contributed by atoms with Crippen LogP contribution in [0.15, 0.2) is 57.4 Å². The largest absolute Gasteiger partial charge is 0.456 e. The highest BCUT2D eigenvalue weighted by molar-refractivity contribution is 9.10. The molecule has 2 heterocycles. The summed E-state index contributed by atoms with van der Waals surface area (Å²) in [6.45, 7) is 1.43. The van der Waals surface area contributed by atoms with Gasteiger partial charge < -0.3 is 14.3 Å². The van der Waals surface area contributed by atoms with Gasteiger partial charge in [0.2, 0.25) is 0 Å². The first kappa shape index (κ1) is 19.7. The van der Waals surface area contributed by atoms with Crippen LogP contribution < -0.4 is 4.90 Å². The topological polar surface area (TPSA) is 80.0 Å². The van der Waals surface area contributed by atoms with Gasteiger partial charge in [0, 0.05) is 15.2 Å². The Balaban J connectivity index is 1.72. The highest BCUT2D eigenvalue weighted by atomic mass is 79.9. The number of aliphatic hydroxyl groups is 1. The lowest BCUT2D eigenvalue weighted by atomic mass is 10.0. The molecule has 0 spiro atoms. The van der Waals surface area contributed by atoms with Crippen molar-refractivity contribution in [1.29, 1.82) is 0 Å². The molecule has 0 saturated carbocycles. The standard InChI is InChI=1S/C23H15BrFNO5/c1-11-26(22(28)15-5-3-13(24)7-18(15)25)19-8-16-14-4-2-12(10-27)6-20(14)31-21(16)9-17(19)23(29)30-11/h2-9,11,27H,10H2,1H3. The molecule has 0 aliphatic carbocycles. The van der Waals surface area contributed by atoms with Crippen molar-refractivity contribution >= 4 is 55.4 Å². The molecule has 0 radical (unpaired) electrons. The Hall–Kier alpha value is -3.23. The maximum atomic E-state index is 14.5. The van der Waals surface area contributed by atoms with Crippen LogP contribution in [-0.2, 0) is 11.3 Å². The van der Waals surface area contributed by atoms with Gasteiger partial charge >= 0.3 is 5.97 Å². The lowest BCUT2D eigenvalue weighted by Gasteiger charge is -2.34. The minimum absolute atomic E-state index is 0.131. The molecule has 1 aliphatic heterocycles. The van der Waals surface area contributed by atoms with Crippen molar-refractivity contribution in [3.63, 3.8) is 0 Å². The van der Waals surface area contributed by atoms with Crippen molar-refractivity contribution in [3.8, 4) is 0 Å². The maximum absolute atomic E-state index is 14.5. The third kappa shape index (κ3) is 3.10. The first-order valence-electron chi connectivity index (χ1n) is 9.47. The number of amides is 1. The summed E-state index contributed by atoms with van der Waals surface area (Å²) in [5, 5.41) is 10.8. The number of carbonyl (C=O) groups is 2. The van der Waals surface area contributed by atoms with E-state index in [0.29, 0.717) is 32.3 Å². The molecule has 4 aromatic rings. The molecule has 1 unspecified atom stereocenters. The molecular formula is C23H15BrFNO5. The number of benzene rings is 3. The Morgan fingerprint density at radius 2 is 1.90 bits per heavy atom. The summed E-state index contributed by atoms with van der Waals surface area (Å²) >= 11 is 3.18. The van der Waals surface area contributed by atoms with Gasteiger partial charge in [0.25, 0.3) is 5.91 Å². The SMILES string of the molecule is CC1OC(=O)c2cc3oc4cc(CO)ccc4c3cc2N1C(=O)c1ccc(Br)cc1F. The maximum Gasteiger partial charge on any atom is 0.342 e. The van der Waals surface area contributed by atoms with E-state index < -0.39 is 23.9 Å². The van der Waals surface area contributed by atoms with Gasteiger partial charge in [0.05, 0.1) is 23.4 Å². The van der Waals surface area contributed by atoms with Crippen LogP contribution in [0.4, 0.5) is 10.1 Å². The second-order valence-corrected chi connectivity index (χ2v) is 8.18. The van der Waals surface area contributed by atoms with Gasteiger partial charge in [-0.15, -0.1) is 0 Å². The molecule has 3 aromatic carbocycles. The molecule has 1 N–H and O–H groups in total. The summed E-state index contributed by atoms with van der Waals surface area (Å²) < 4.78 is 26.2. The second-order valence-electron chi connectivity index (χ2n) is 7.26. The van der Waals surface area contributed by atoms with Crippen LogP contribution in [0, 0.1) is 5.82 Å². The lowest BCUT2D eigenvalue weighted by molar-refractivity contribution is 0.0296. The Labute approximate surface area is 183 Å². The molecular weight excluding hydrogens is 469 g/mol. The number of furan rings is 1. The van der Waals surface area contributed by atoms with Crippen molar-refractivity contribution in [1.82, 2.24) is 0 Å². The highest BCUT2D eigenvalue weighted by Crippen LogP contribution is 2.38. The molecule has 31 heavy (non-hydrogen) atoms. The van der Waals surface area contributed by atoms with E-state index in [0.717, 1.165) is 5.39 Å². The number of hydrogen-bond acceptors (Lipinski definition) is 5. The summed E-state index contributed by atoms with van der Waals surface area (Å²) in [7, 11) is 0. The van der Waals surface area contributed by atoms with Crippen molar-refractivity contribution in [2.45, 2.75) is 19.8 Å². The highest BCUT2D eigenvalue weighted by Gasteiger charge is 2.36. The Bertz CT molecular complexity index is 1400. The molecule has 5 rings (SSSR count). The molecule has 0 fully saturated rings. The summed E-state index contributed by atoms with van der Waals surface area (Å²) in [4.78, 5) is 27.1. The van der Waals surface area contributed by atoms with Gasteiger partial charge in [-0.05, 0) is 48.9 Å². The molecule has 1 aliphatic rings. The zero-order valence-electron chi connectivity index (χ0n) is 16.2. The van der Waals surface area contributed by atoms with Crippen molar-refractivity contribution in [3.05, 3.63) is 75.5 Å². The van der Waals surface area contributed by atoms with Crippen LogP contribution in [0.2, 0.25) is 0 Å². The lowest BCUT2D eigenvalue weighted by Crippen LogP contribution is -2.45. The van der Waals surface area contributed by atoms with Crippen LogP contribution in [-0.4, -0.2) is 23.2 Å². The van der Waals surface area contributed by atoms with Crippen molar-refractivity contribution in [2.24, 2.45) is 0 Å². The van der Waals surface area contributed by atoms with E-state index in [2.05, 4.69) is 15.9 Å².